The highest BCUT2D eigenvalue weighted by atomic mass is 16.5. The fraction of sp³-hybridized carbons (Fsp3) is 0.429. The van der Waals surface area contributed by atoms with Gasteiger partial charge in [-0.2, -0.15) is 0 Å². The Balaban J connectivity index is 2.90. The molecule has 2 N–H and O–H groups in total. The van der Waals surface area contributed by atoms with Gasteiger partial charge in [0, 0.05) is 23.9 Å². The zero-order valence-electron chi connectivity index (χ0n) is 12.0. The summed E-state index contributed by atoms with van der Waals surface area (Å²) in [6, 6.07) is 4.77. The molecule has 0 radical (unpaired) electrons. The number of carbonyl (C=O) groups is 2. The lowest BCUT2D eigenvalue weighted by Gasteiger charge is -2.20. The summed E-state index contributed by atoms with van der Waals surface area (Å²) in [7, 11) is 1.50. The van der Waals surface area contributed by atoms with E-state index < -0.39 is 5.97 Å². The van der Waals surface area contributed by atoms with E-state index in [2.05, 4.69) is 0 Å². The number of hydrogen-bond acceptors (Lipinski definition) is 5. The summed E-state index contributed by atoms with van der Waals surface area (Å²) in [5.41, 5.74) is 6.53. The minimum absolute atomic E-state index is 0.0830. The Bertz CT molecular complexity index is 488. The van der Waals surface area contributed by atoms with Crippen LogP contribution in [-0.2, 0) is 9.53 Å². The second-order valence-corrected chi connectivity index (χ2v) is 4.12. The lowest BCUT2D eigenvalue weighted by atomic mass is 10.1. The molecular weight excluding hydrogens is 260 g/mol. The Morgan fingerprint density at radius 3 is 2.50 bits per heavy atom. The van der Waals surface area contributed by atoms with Crippen LogP contribution in [0.2, 0.25) is 0 Å². The van der Waals surface area contributed by atoms with E-state index in [1.54, 1.807) is 32.0 Å². The van der Waals surface area contributed by atoms with Crippen molar-refractivity contribution in [3.05, 3.63) is 23.8 Å². The molecule has 0 aromatic heterocycles. The highest BCUT2D eigenvalue weighted by Gasteiger charge is 2.19. The van der Waals surface area contributed by atoms with Crippen molar-refractivity contribution >= 4 is 17.6 Å². The number of amides is 1. The molecule has 0 heterocycles. The number of esters is 1. The number of hydrogen-bond donors (Lipinski definition) is 1. The smallest absolute Gasteiger partial charge is 0.325 e. The Morgan fingerprint density at radius 2 is 1.95 bits per heavy atom. The van der Waals surface area contributed by atoms with E-state index in [1.807, 2.05) is 0 Å². The molecule has 0 atom stereocenters. The van der Waals surface area contributed by atoms with Crippen molar-refractivity contribution in [2.75, 3.05) is 32.5 Å². The Kier molecular flexibility index (Phi) is 5.83. The molecule has 1 amide bonds. The standard InChI is InChI=1S/C14H20N2O4/c1-4-16(9-13(17)20-5-2)14(18)10-6-11(15)8-12(7-10)19-3/h6-8H,4-5,9,15H2,1-3H3. The van der Waals surface area contributed by atoms with Crippen molar-refractivity contribution in [1.82, 2.24) is 4.90 Å². The van der Waals surface area contributed by atoms with Crippen LogP contribution < -0.4 is 10.5 Å². The van der Waals surface area contributed by atoms with Gasteiger partial charge in [0.15, 0.2) is 0 Å². The molecule has 1 aromatic rings. The molecule has 1 aromatic carbocycles. The molecule has 0 aliphatic heterocycles. The summed E-state index contributed by atoms with van der Waals surface area (Å²) in [6.45, 7) is 4.12. The van der Waals surface area contributed by atoms with E-state index >= 15 is 0 Å². The summed E-state index contributed by atoms with van der Waals surface area (Å²) in [5.74, 6) is -0.217. The van der Waals surface area contributed by atoms with Gasteiger partial charge in [0.1, 0.15) is 12.3 Å². The molecular formula is C14H20N2O4. The first-order valence-corrected chi connectivity index (χ1v) is 6.41. The Hall–Kier alpha value is -2.24. The number of benzene rings is 1. The van der Waals surface area contributed by atoms with Crippen LogP contribution in [-0.4, -0.2) is 43.6 Å². The Labute approximate surface area is 118 Å². The summed E-state index contributed by atoms with van der Waals surface area (Å²) in [6.07, 6.45) is 0. The van der Waals surface area contributed by atoms with E-state index in [1.165, 1.54) is 12.0 Å². The summed E-state index contributed by atoms with van der Waals surface area (Å²) in [5, 5.41) is 0. The van der Waals surface area contributed by atoms with Gasteiger partial charge in [0.05, 0.1) is 13.7 Å². The van der Waals surface area contributed by atoms with Gasteiger partial charge in [-0.3, -0.25) is 9.59 Å². The number of likely N-dealkylation sites (N-methyl/N-ethyl adjacent to an activating group) is 1. The zero-order chi connectivity index (χ0) is 15.1. The van der Waals surface area contributed by atoms with E-state index in [-0.39, 0.29) is 19.1 Å². The van der Waals surface area contributed by atoms with Crippen molar-refractivity contribution in [3.63, 3.8) is 0 Å². The predicted octanol–water partition coefficient (Wildman–Crippen LogP) is 1.30. The first kappa shape index (κ1) is 15.8. The van der Waals surface area contributed by atoms with Gasteiger partial charge in [-0.15, -0.1) is 0 Å². The number of anilines is 1. The minimum atomic E-state index is -0.432. The molecule has 110 valence electrons. The number of nitrogen functional groups attached to an aromatic ring is 1. The number of carbonyl (C=O) groups excluding carboxylic acids is 2. The molecule has 6 nitrogen and oxygen atoms in total. The van der Waals surface area contributed by atoms with Crippen molar-refractivity contribution in [1.29, 1.82) is 0 Å². The van der Waals surface area contributed by atoms with Gasteiger partial charge in [0.25, 0.3) is 5.91 Å². The topological polar surface area (TPSA) is 81.9 Å². The number of nitrogens with two attached hydrogens (primary N) is 1. The first-order chi connectivity index (χ1) is 9.51. The number of nitrogens with zero attached hydrogens (tertiary/aromatic N) is 1. The highest BCUT2D eigenvalue weighted by Crippen LogP contribution is 2.19. The second-order valence-electron chi connectivity index (χ2n) is 4.12. The van der Waals surface area contributed by atoms with Gasteiger partial charge in [-0.1, -0.05) is 0 Å². The van der Waals surface area contributed by atoms with Crippen LogP contribution in [0.25, 0.3) is 0 Å². The number of rotatable bonds is 6. The van der Waals surface area contributed by atoms with Crippen LogP contribution in [0.15, 0.2) is 18.2 Å². The molecule has 20 heavy (non-hydrogen) atoms. The van der Waals surface area contributed by atoms with Crippen molar-refractivity contribution in [3.8, 4) is 5.75 Å². The summed E-state index contributed by atoms with van der Waals surface area (Å²) >= 11 is 0. The minimum Gasteiger partial charge on any atom is -0.497 e. The second kappa shape index (κ2) is 7.37. The summed E-state index contributed by atoms with van der Waals surface area (Å²) < 4.78 is 9.92. The van der Waals surface area contributed by atoms with Gasteiger partial charge >= 0.3 is 5.97 Å². The molecule has 6 heteroatoms. The zero-order valence-corrected chi connectivity index (χ0v) is 12.0. The van der Waals surface area contributed by atoms with Crippen LogP contribution in [0.3, 0.4) is 0 Å². The largest absolute Gasteiger partial charge is 0.497 e. The molecule has 0 unspecified atom stereocenters. The average Bonchev–Trinajstić information content (AvgIpc) is 2.43. The van der Waals surface area contributed by atoms with Crippen LogP contribution >= 0.6 is 0 Å². The number of methoxy groups -OCH3 is 1. The summed E-state index contributed by atoms with van der Waals surface area (Å²) in [4.78, 5) is 25.2. The van der Waals surface area contributed by atoms with E-state index in [9.17, 15) is 9.59 Å². The molecule has 0 fully saturated rings. The third-order valence-corrected chi connectivity index (χ3v) is 2.71. The van der Waals surface area contributed by atoms with Crippen LogP contribution in [0.5, 0.6) is 5.75 Å². The SMILES string of the molecule is CCOC(=O)CN(CC)C(=O)c1cc(N)cc(OC)c1. The van der Waals surface area contributed by atoms with Crippen LogP contribution in [0.4, 0.5) is 5.69 Å². The maximum atomic E-state index is 12.3. The normalized spacial score (nSPS) is 9.95. The molecule has 0 aliphatic carbocycles. The quantitative estimate of drug-likeness (QED) is 0.627. The predicted molar refractivity (Wildman–Crippen MR) is 75.6 cm³/mol. The van der Waals surface area contributed by atoms with E-state index in [0.29, 0.717) is 23.5 Å². The van der Waals surface area contributed by atoms with Crippen molar-refractivity contribution < 1.29 is 19.1 Å². The maximum absolute atomic E-state index is 12.3. The van der Waals surface area contributed by atoms with Gasteiger partial charge in [-0.25, -0.2) is 0 Å². The molecule has 0 spiro atoms. The monoisotopic (exact) mass is 280 g/mol. The average molecular weight is 280 g/mol. The van der Waals surface area contributed by atoms with E-state index in [0.717, 1.165) is 0 Å². The van der Waals surface area contributed by atoms with Gasteiger partial charge in [0.2, 0.25) is 0 Å². The van der Waals surface area contributed by atoms with Gasteiger partial charge < -0.3 is 20.1 Å². The molecule has 0 bridgehead atoms. The number of ether oxygens (including phenoxy) is 2. The van der Waals surface area contributed by atoms with Crippen LogP contribution in [0.1, 0.15) is 24.2 Å². The molecule has 0 saturated heterocycles. The molecule has 1 rings (SSSR count). The highest BCUT2D eigenvalue weighted by molar-refractivity contribution is 5.97. The fourth-order valence-electron chi connectivity index (χ4n) is 1.74. The molecule has 0 saturated carbocycles. The van der Waals surface area contributed by atoms with Crippen LogP contribution in [0, 0.1) is 0 Å². The van der Waals surface area contributed by atoms with E-state index in [4.69, 9.17) is 15.2 Å². The maximum Gasteiger partial charge on any atom is 0.325 e. The first-order valence-electron chi connectivity index (χ1n) is 6.41. The fourth-order valence-corrected chi connectivity index (χ4v) is 1.74. The van der Waals surface area contributed by atoms with Crippen molar-refractivity contribution in [2.45, 2.75) is 13.8 Å². The third kappa shape index (κ3) is 4.15. The van der Waals surface area contributed by atoms with Gasteiger partial charge in [-0.05, 0) is 26.0 Å². The molecule has 0 aliphatic rings. The Morgan fingerprint density at radius 1 is 1.25 bits per heavy atom. The lowest BCUT2D eigenvalue weighted by molar-refractivity contribution is -0.143. The third-order valence-electron chi connectivity index (χ3n) is 2.71. The van der Waals surface area contributed by atoms with Crippen molar-refractivity contribution in [2.24, 2.45) is 0 Å². The lowest BCUT2D eigenvalue weighted by Crippen LogP contribution is -2.36.